The molecule has 0 amide bonds. The zero-order valence-electron chi connectivity index (χ0n) is 12.2. The van der Waals surface area contributed by atoms with Crippen LogP contribution < -0.4 is 10.7 Å². The summed E-state index contributed by atoms with van der Waals surface area (Å²) in [4.78, 5) is 0. The molecule has 0 aromatic heterocycles. The van der Waals surface area contributed by atoms with E-state index < -0.39 is 0 Å². The van der Waals surface area contributed by atoms with Crippen LogP contribution in [0.25, 0.3) is 0 Å². The van der Waals surface area contributed by atoms with Crippen molar-refractivity contribution in [3.05, 3.63) is 28.8 Å². The van der Waals surface area contributed by atoms with Gasteiger partial charge in [-0.05, 0) is 63.5 Å². The molecular formula is C15H22ClN3S. The molecular weight excluding hydrogens is 290 g/mol. The van der Waals surface area contributed by atoms with Crippen LogP contribution in [0, 0.1) is 6.92 Å². The third kappa shape index (κ3) is 3.62. The lowest BCUT2D eigenvalue weighted by Crippen LogP contribution is -2.55. The molecule has 2 N–H and O–H groups in total. The highest BCUT2D eigenvalue weighted by atomic mass is 35.5. The molecule has 1 aromatic carbocycles. The van der Waals surface area contributed by atoms with Gasteiger partial charge in [0.1, 0.15) is 0 Å². The first-order valence-corrected chi connectivity index (χ1v) is 7.88. The van der Waals surface area contributed by atoms with Crippen molar-refractivity contribution in [2.45, 2.75) is 52.1 Å². The van der Waals surface area contributed by atoms with Crippen LogP contribution in [0.1, 0.15) is 38.7 Å². The van der Waals surface area contributed by atoms with Gasteiger partial charge in [-0.3, -0.25) is 5.43 Å². The lowest BCUT2D eigenvalue weighted by Gasteiger charge is -2.39. The van der Waals surface area contributed by atoms with Crippen molar-refractivity contribution < 1.29 is 0 Å². The fraction of sp³-hybridized carbons (Fsp3) is 0.533. The number of rotatable bonds is 2. The van der Waals surface area contributed by atoms with Crippen molar-refractivity contribution in [1.82, 2.24) is 10.4 Å². The minimum atomic E-state index is 0.499. The highest BCUT2D eigenvalue weighted by molar-refractivity contribution is 7.80. The summed E-state index contributed by atoms with van der Waals surface area (Å²) in [7, 11) is 0. The van der Waals surface area contributed by atoms with E-state index in [4.69, 9.17) is 23.8 Å². The van der Waals surface area contributed by atoms with Gasteiger partial charge in [0, 0.05) is 22.8 Å². The van der Waals surface area contributed by atoms with Crippen molar-refractivity contribution in [3.8, 4) is 0 Å². The number of thiocarbonyl (C=S) groups is 1. The maximum atomic E-state index is 6.12. The second kappa shape index (κ2) is 6.74. The van der Waals surface area contributed by atoms with E-state index in [1.807, 2.05) is 25.1 Å². The van der Waals surface area contributed by atoms with E-state index in [9.17, 15) is 0 Å². The van der Waals surface area contributed by atoms with E-state index in [-0.39, 0.29) is 0 Å². The Hall–Kier alpha value is -0.840. The predicted octanol–water partition coefficient (Wildman–Crippen LogP) is 4.11. The average Bonchev–Trinajstić information content (AvgIpc) is 2.39. The minimum Gasteiger partial charge on any atom is -0.331 e. The Labute approximate surface area is 131 Å². The van der Waals surface area contributed by atoms with Gasteiger partial charge in [0.15, 0.2) is 5.11 Å². The molecule has 1 aliphatic heterocycles. The molecule has 1 fully saturated rings. The molecule has 5 heteroatoms. The van der Waals surface area contributed by atoms with Crippen molar-refractivity contribution in [3.63, 3.8) is 0 Å². The Kier molecular flexibility index (Phi) is 5.24. The highest BCUT2D eigenvalue weighted by Gasteiger charge is 2.25. The summed E-state index contributed by atoms with van der Waals surface area (Å²) in [6, 6.07) is 6.79. The fourth-order valence-corrected chi connectivity index (χ4v) is 3.04. The maximum Gasteiger partial charge on any atom is 0.185 e. The Morgan fingerprint density at radius 3 is 2.60 bits per heavy atom. The highest BCUT2D eigenvalue weighted by Crippen LogP contribution is 2.23. The molecule has 0 bridgehead atoms. The first-order chi connectivity index (χ1) is 9.49. The smallest absolute Gasteiger partial charge is 0.185 e. The summed E-state index contributed by atoms with van der Waals surface area (Å²) in [6.07, 6.45) is 3.69. The predicted molar refractivity (Wildman–Crippen MR) is 90.2 cm³/mol. The zero-order chi connectivity index (χ0) is 14.7. The third-order valence-electron chi connectivity index (χ3n) is 3.94. The summed E-state index contributed by atoms with van der Waals surface area (Å²) in [5.74, 6) is 0. The molecule has 3 nitrogen and oxygen atoms in total. The monoisotopic (exact) mass is 311 g/mol. The Bertz CT molecular complexity index is 482. The second-order valence-corrected chi connectivity index (χ2v) is 6.33. The Balaban J connectivity index is 2.00. The number of benzene rings is 1. The van der Waals surface area contributed by atoms with Crippen LogP contribution in [0.15, 0.2) is 18.2 Å². The number of anilines is 1. The summed E-state index contributed by atoms with van der Waals surface area (Å²) >= 11 is 11.5. The molecule has 0 radical (unpaired) electrons. The van der Waals surface area contributed by atoms with Crippen LogP contribution in [0.3, 0.4) is 0 Å². The molecule has 0 aliphatic carbocycles. The van der Waals surface area contributed by atoms with Crippen LogP contribution in [-0.4, -0.2) is 22.2 Å². The third-order valence-corrected chi connectivity index (χ3v) is 4.54. The number of piperidine rings is 1. The summed E-state index contributed by atoms with van der Waals surface area (Å²) in [6.45, 7) is 6.45. The molecule has 0 saturated carbocycles. The van der Waals surface area contributed by atoms with Crippen LogP contribution in [0.4, 0.5) is 5.69 Å². The SMILES string of the molecule is Cc1c(Cl)cccc1NC(=S)NN1C(C)CCCC1C. The van der Waals surface area contributed by atoms with Crippen molar-refractivity contribution in [1.29, 1.82) is 0 Å². The first-order valence-electron chi connectivity index (χ1n) is 7.10. The van der Waals surface area contributed by atoms with E-state index in [0.717, 1.165) is 16.3 Å². The van der Waals surface area contributed by atoms with Crippen LogP contribution in [0.5, 0.6) is 0 Å². The van der Waals surface area contributed by atoms with Gasteiger partial charge < -0.3 is 5.32 Å². The quantitative estimate of drug-likeness (QED) is 0.804. The number of hydrazine groups is 1. The molecule has 110 valence electrons. The minimum absolute atomic E-state index is 0.499. The number of halogens is 1. The van der Waals surface area contributed by atoms with Gasteiger partial charge in [0.2, 0.25) is 0 Å². The Morgan fingerprint density at radius 1 is 1.30 bits per heavy atom. The van der Waals surface area contributed by atoms with Gasteiger partial charge in [-0.2, -0.15) is 0 Å². The molecule has 2 atom stereocenters. The molecule has 0 spiro atoms. The number of nitrogens with zero attached hydrogens (tertiary/aromatic N) is 1. The van der Waals surface area contributed by atoms with E-state index in [2.05, 4.69) is 29.6 Å². The zero-order valence-corrected chi connectivity index (χ0v) is 13.8. The molecule has 1 aromatic rings. The van der Waals surface area contributed by atoms with Gasteiger partial charge >= 0.3 is 0 Å². The fourth-order valence-electron chi connectivity index (χ4n) is 2.65. The average molecular weight is 312 g/mol. The first kappa shape index (κ1) is 15.5. The van der Waals surface area contributed by atoms with E-state index in [0.29, 0.717) is 17.2 Å². The van der Waals surface area contributed by atoms with Crippen molar-refractivity contribution in [2.75, 3.05) is 5.32 Å². The van der Waals surface area contributed by atoms with Gasteiger partial charge in [-0.25, -0.2) is 5.01 Å². The van der Waals surface area contributed by atoms with Crippen LogP contribution in [-0.2, 0) is 0 Å². The standard InChI is InChI=1S/C15H22ClN3S/c1-10-6-4-7-11(2)19(10)18-15(20)17-14-9-5-8-13(16)12(14)3/h5,8-11H,4,6-7H2,1-3H3,(H2,17,18,20). The van der Waals surface area contributed by atoms with Gasteiger partial charge in [0.25, 0.3) is 0 Å². The normalized spacial score (nSPS) is 23.4. The number of hydrogen-bond donors (Lipinski definition) is 2. The van der Waals surface area contributed by atoms with Gasteiger partial charge in [-0.15, -0.1) is 0 Å². The second-order valence-electron chi connectivity index (χ2n) is 5.51. The topological polar surface area (TPSA) is 27.3 Å². The molecule has 2 unspecified atom stereocenters. The van der Waals surface area contributed by atoms with E-state index in [1.54, 1.807) is 0 Å². The summed E-state index contributed by atoms with van der Waals surface area (Å²) < 4.78 is 0. The summed E-state index contributed by atoms with van der Waals surface area (Å²) in [5, 5.41) is 6.85. The molecule has 1 saturated heterocycles. The number of nitrogens with one attached hydrogen (secondary N) is 2. The Morgan fingerprint density at radius 2 is 1.95 bits per heavy atom. The molecule has 2 rings (SSSR count). The molecule has 1 aliphatic rings. The van der Waals surface area contributed by atoms with Crippen molar-refractivity contribution >= 4 is 34.6 Å². The lowest BCUT2D eigenvalue weighted by atomic mass is 10.00. The molecule has 1 heterocycles. The van der Waals surface area contributed by atoms with E-state index in [1.165, 1.54) is 19.3 Å². The lowest BCUT2D eigenvalue weighted by molar-refractivity contribution is 0.0750. The molecule has 20 heavy (non-hydrogen) atoms. The van der Waals surface area contributed by atoms with Gasteiger partial charge in [-0.1, -0.05) is 24.1 Å². The van der Waals surface area contributed by atoms with Crippen LogP contribution >= 0.6 is 23.8 Å². The number of hydrogen-bond acceptors (Lipinski definition) is 2. The van der Waals surface area contributed by atoms with Gasteiger partial charge in [0.05, 0.1) is 0 Å². The van der Waals surface area contributed by atoms with Crippen LogP contribution in [0.2, 0.25) is 5.02 Å². The largest absolute Gasteiger partial charge is 0.331 e. The van der Waals surface area contributed by atoms with E-state index >= 15 is 0 Å². The summed E-state index contributed by atoms with van der Waals surface area (Å²) in [5.41, 5.74) is 5.29. The maximum absolute atomic E-state index is 6.12. The van der Waals surface area contributed by atoms with Crippen molar-refractivity contribution in [2.24, 2.45) is 0 Å².